The number of benzene rings is 1. The molecule has 0 saturated carbocycles. The molecule has 1 heterocycles. The van der Waals surface area contributed by atoms with Gasteiger partial charge in [-0.3, -0.25) is 4.79 Å². The van der Waals surface area contributed by atoms with Gasteiger partial charge in [-0.1, -0.05) is 6.92 Å². The molecule has 0 bridgehead atoms. The lowest BCUT2D eigenvalue weighted by Gasteiger charge is -2.22. The van der Waals surface area contributed by atoms with Gasteiger partial charge in [0.1, 0.15) is 5.69 Å². The zero-order valence-electron chi connectivity index (χ0n) is 17.3. The van der Waals surface area contributed by atoms with Crippen LogP contribution < -0.4 is 15.5 Å². The number of aromatic nitrogens is 2. The topological polar surface area (TPSA) is 70.2 Å². The van der Waals surface area contributed by atoms with Gasteiger partial charge in [0, 0.05) is 36.2 Å². The second-order valence-corrected chi connectivity index (χ2v) is 6.80. The second kappa shape index (κ2) is 9.35. The molecule has 0 saturated heterocycles. The van der Waals surface area contributed by atoms with Crippen LogP contribution in [0, 0.1) is 13.8 Å². The molecule has 0 aliphatic carbocycles. The predicted octanol–water partition coefficient (Wildman–Crippen LogP) is 4.21. The molecule has 0 aliphatic heterocycles. The molecule has 0 spiro atoms. The Morgan fingerprint density at radius 3 is 2.41 bits per heavy atom. The molecule has 0 aliphatic rings. The summed E-state index contributed by atoms with van der Waals surface area (Å²) >= 11 is 0. The van der Waals surface area contributed by atoms with Gasteiger partial charge in [0.2, 0.25) is 5.95 Å². The molecule has 27 heavy (non-hydrogen) atoms. The molecule has 1 aromatic heterocycles. The van der Waals surface area contributed by atoms with E-state index in [4.69, 9.17) is 0 Å². The summed E-state index contributed by atoms with van der Waals surface area (Å²) in [6.07, 6.45) is 0.874. The van der Waals surface area contributed by atoms with Crippen LogP contribution in [0.2, 0.25) is 0 Å². The van der Waals surface area contributed by atoms with E-state index >= 15 is 0 Å². The van der Waals surface area contributed by atoms with Gasteiger partial charge >= 0.3 is 0 Å². The number of rotatable bonds is 8. The van der Waals surface area contributed by atoms with E-state index in [2.05, 4.69) is 58.4 Å². The predicted molar refractivity (Wildman–Crippen MR) is 112 cm³/mol. The number of nitrogens with zero attached hydrogens (tertiary/aromatic N) is 3. The fraction of sp³-hybridized carbons (Fsp3) is 0.476. The van der Waals surface area contributed by atoms with E-state index < -0.39 is 0 Å². The molecule has 146 valence electrons. The van der Waals surface area contributed by atoms with E-state index in [0.29, 0.717) is 11.6 Å². The van der Waals surface area contributed by atoms with Gasteiger partial charge in [-0.2, -0.15) is 0 Å². The molecule has 6 nitrogen and oxygen atoms in total. The summed E-state index contributed by atoms with van der Waals surface area (Å²) in [4.78, 5) is 23.5. The number of amides is 1. The smallest absolute Gasteiger partial charge is 0.270 e. The van der Waals surface area contributed by atoms with Gasteiger partial charge in [0.15, 0.2) is 0 Å². The van der Waals surface area contributed by atoms with Crippen molar-refractivity contribution in [2.45, 2.75) is 54.0 Å². The van der Waals surface area contributed by atoms with E-state index in [1.807, 2.05) is 26.8 Å². The summed E-state index contributed by atoms with van der Waals surface area (Å²) in [5, 5.41) is 6.20. The summed E-state index contributed by atoms with van der Waals surface area (Å²) in [6.45, 7) is 14.2. The Labute approximate surface area is 162 Å². The van der Waals surface area contributed by atoms with Gasteiger partial charge in [-0.15, -0.1) is 0 Å². The molecule has 2 rings (SSSR count). The largest absolute Gasteiger partial charge is 0.372 e. The maximum atomic E-state index is 12.4. The minimum Gasteiger partial charge on any atom is -0.372 e. The first-order valence-electron chi connectivity index (χ1n) is 9.67. The molecule has 1 atom stereocenters. The maximum absolute atomic E-state index is 12.4. The molecule has 1 aromatic carbocycles. The van der Waals surface area contributed by atoms with Crippen LogP contribution in [0.25, 0.3) is 0 Å². The summed E-state index contributed by atoms with van der Waals surface area (Å²) < 4.78 is 0. The van der Waals surface area contributed by atoms with Gasteiger partial charge in [0.25, 0.3) is 5.91 Å². The number of carbonyl (C=O) groups excluding carboxylic acids is 1. The Morgan fingerprint density at radius 1 is 1.11 bits per heavy atom. The lowest BCUT2D eigenvalue weighted by molar-refractivity contribution is 0.0934. The third-order valence-electron chi connectivity index (χ3n) is 4.66. The van der Waals surface area contributed by atoms with Crippen LogP contribution in [-0.4, -0.2) is 35.0 Å². The van der Waals surface area contributed by atoms with E-state index in [1.54, 1.807) is 6.07 Å². The maximum Gasteiger partial charge on any atom is 0.270 e. The van der Waals surface area contributed by atoms with Crippen LogP contribution in [-0.2, 0) is 0 Å². The number of hydrogen-bond donors (Lipinski definition) is 2. The van der Waals surface area contributed by atoms with Crippen molar-refractivity contribution in [3.63, 3.8) is 0 Å². The quantitative estimate of drug-likeness (QED) is 0.729. The highest BCUT2D eigenvalue weighted by molar-refractivity contribution is 5.92. The van der Waals surface area contributed by atoms with Crippen molar-refractivity contribution >= 4 is 23.2 Å². The molecule has 0 fully saturated rings. The van der Waals surface area contributed by atoms with E-state index in [-0.39, 0.29) is 11.9 Å². The highest BCUT2D eigenvalue weighted by atomic mass is 16.1. The van der Waals surface area contributed by atoms with Crippen molar-refractivity contribution in [1.29, 1.82) is 0 Å². The Balaban J connectivity index is 2.23. The lowest BCUT2D eigenvalue weighted by Crippen LogP contribution is -2.32. The van der Waals surface area contributed by atoms with E-state index in [9.17, 15) is 4.79 Å². The first-order chi connectivity index (χ1) is 12.9. The molecule has 2 aromatic rings. The molecule has 6 heteroatoms. The number of aryl methyl sites for hydroxylation is 2. The van der Waals surface area contributed by atoms with Gasteiger partial charge in [0.05, 0.1) is 0 Å². The number of hydrogen-bond acceptors (Lipinski definition) is 5. The van der Waals surface area contributed by atoms with Crippen molar-refractivity contribution in [2.24, 2.45) is 0 Å². The van der Waals surface area contributed by atoms with Crippen molar-refractivity contribution in [2.75, 3.05) is 23.3 Å². The van der Waals surface area contributed by atoms with Crippen LogP contribution in [0.1, 0.15) is 55.9 Å². The monoisotopic (exact) mass is 369 g/mol. The molecular formula is C21H31N5O. The Kier molecular flexibility index (Phi) is 7.16. The Bertz CT molecular complexity index is 786. The molecule has 0 radical (unpaired) electrons. The number of anilines is 3. The normalized spacial score (nSPS) is 11.8. The summed E-state index contributed by atoms with van der Waals surface area (Å²) in [5.74, 6) is 0.259. The number of nitrogens with one attached hydrogen (secondary N) is 2. The van der Waals surface area contributed by atoms with E-state index in [0.717, 1.165) is 36.5 Å². The van der Waals surface area contributed by atoms with Crippen LogP contribution in [0.3, 0.4) is 0 Å². The van der Waals surface area contributed by atoms with Crippen LogP contribution in [0.5, 0.6) is 0 Å². The summed E-state index contributed by atoms with van der Waals surface area (Å²) in [6, 6.07) is 8.10. The third kappa shape index (κ3) is 5.42. The molecular weight excluding hydrogens is 338 g/mol. The first-order valence-corrected chi connectivity index (χ1v) is 9.67. The van der Waals surface area contributed by atoms with Crippen molar-refractivity contribution in [3.8, 4) is 0 Å². The standard InChI is InChI=1S/C21H31N5O/c1-7-15(5)22-20(27)19-13-16(6)23-21(25-19)24-18-11-10-17(12-14(18)4)26(8-2)9-3/h10-13,15H,7-9H2,1-6H3,(H,22,27)(H,23,24,25). The molecule has 1 unspecified atom stereocenters. The molecule has 1 amide bonds. The average Bonchev–Trinajstić information content (AvgIpc) is 2.64. The molecule has 2 N–H and O–H groups in total. The fourth-order valence-electron chi connectivity index (χ4n) is 2.83. The zero-order valence-corrected chi connectivity index (χ0v) is 17.3. The Hall–Kier alpha value is -2.63. The SMILES string of the molecule is CCC(C)NC(=O)c1cc(C)nc(Nc2ccc(N(CC)CC)cc2C)n1. The van der Waals surface area contributed by atoms with Crippen LogP contribution >= 0.6 is 0 Å². The minimum absolute atomic E-state index is 0.110. The number of carbonyl (C=O) groups is 1. The van der Waals surface area contributed by atoms with Crippen LogP contribution in [0.4, 0.5) is 17.3 Å². The van der Waals surface area contributed by atoms with Crippen molar-refractivity contribution in [1.82, 2.24) is 15.3 Å². The third-order valence-corrected chi connectivity index (χ3v) is 4.66. The van der Waals surface area contributed by atoms with Crippen molar-refractivity contribution < 1.29 is 4.79 Å². The van der Waals surface area contributed by atoms with Gasteiger partial charge in [-0.25, -0.2) is 9.97 Å². The first kappa shape index (κ1) is 20.7. The minimum atomic E-state index is -0.175. The second-order valence-electron chi connectivity index (χ2n) is 6.80. The fourth-order valence-corrected chi connectivity index (χ4v) is 2.83. The summed E-state index contributed by atoms with van der Waals surface area (Å²) in [7, 11) is 0. The van der Waals surface area contributed by atoms with Crippen molar-refractivity contribution in [3.05, 3.63) is 41.2 Å². The summed E-state index contributed by atoms with van der Waals surface area (Å²) in [5.41, 5.74) is 4.36. The van der Waals surface area contributed by atoms with Gasteiger partial charge < -0.3 is 15.5 Å². The highest BCUT2D eigenvalue weighted by Gasteiger charge is 2.13. The lowest BCUT2D eigenvalue weighted by atomic mass is 10.1. The average molecular weight is 370 g/mol. The Morgan fingerprint density at radius 2 is 1.81 bits per heavy atom. The zero-order chi connectivity index (χ0) is 20.0. The van der Waals surface area contributed by atoms with Crippen LogP contribution in [0.15, 0.2) is 24.3 Å². The van der Waals surface area contributed by atoms with E-state index in [1.165, 1.54) is 5.69 Å². The van der Waals surface area contributed by atoms with Gasteiger partial charge in [-0.05, 0) is 70.9 Å². The highest BCUT2D eigenvalue weighted by Crippen LogP contribution is 2.24.